The van der Waals surface area contributed by atoms with E-state index in [0.717, 1.165) is 15.3 Å². The number of rotatable bonds is 5. The molecule has 9 heteroatoms. The maximum absolute atomic E-state index is 12.8. The van der Waals surface area contributed by atoms with E-state index in [1.807, 2.05) is 26.2 Å². The number of H-pyrrole nitrogens is 1. The molecule has 4 heterocycles. The molecule has 0 aliphatic rings. The van der Waals surface area contributed by atoms with Gasteiger partial charge in [0.15, 0.2) is 5.16 Å². The molecule has 0 radical (unpaired) electrons. The topological polar surface area (TPSA) is 80.6 Å². The van der Waals surface area contributed by atoms with Crippen molar-refractivity contribution < 1.29 is 0 Å². The van der Waals surface area contributed by atoms with Crippen molar-refractivity contribution in [1.29, 1.82) is 0 Å². The summed E-state index contributed by atoms with van der Waals surface area (Å²) in [5.41, 5.74) is 0.770. The lowest BCUT2D eigenvalue weighted by Gasteiger charge is -2.14. The summed E-state index contributed by atoms with van der Waals surface area (Å²) in [7, 11) is 0. The lowest BCUT2D eigenvalue weighted by Crippen LogP contribution is -2.22. The highest BCUT2D eigenvalue weighted by Crippen LogP contribution is 2.34. The Morgan fingerprint density at radius 2 is 2.11 bits per heavy atom. The maximum Gasteiger partial charge on any atom is 0.263 e. The molecule has 0 amide bonds. The zero-order valence-corrected chi connectivity index (χ0v) is 18.1. The number of aryl methyl sites for hydroxylation is 2. The first kappa shape index (κ1) is 19.1. The summed E-state index contributed by atoms with van der Waals surface area (Å²) in [5.74, 6) is 0.578. The standard InChI is InChI=1S/C19H18N4O2S3/c1-5-7-23-18(25)12-6-8-26-16(12)22-19(23)28-11(4)14-20-15(24)13-9(2)10(3)27-17(13)21-14/h5-6,8,11H,1,7H2,2-4H3,(H,20,21,24). The van der Waals surface area contributed by atoms with Crippen LogP contribution >= 0.6 is 34.4 Å². The number of hydrogen-bond donors (Lipinski definition) is 1. The Kier molecular flexibility index (Phi) is 4.98. The van der Waals surface area contributed by atoms with Gasteiger partial charge in [-0.3, -0.25) is 14.2 Å². The molecule has 1 unspecified atom stereocenters. The highest BCUT2D eigenvalue weighted by Gasteiger charge is 2.19. The van der Waals surface area contributed by atoms with Crippen molar-refractivity contribution in [2.24, 2.45) is 0 Å². The van der Waals surface area contributed by atoms with Crippen LogP contribution in [0.1, 0.15) is 28.4 Å². The van der Waals surface area contributed by atoms with Crippen molar-refractivity contribution in [3.63, 3.8) is 0 Å². The summed E-state index contributed by atoms with van der Waals surface area (Å²) in [4.78, 5) is 40.1. The third kappa shape index (κ3) is 3.13. The van der Waals surface area contributed by atoms with Gasteiger partial charge in [0.05, 0.1) is 16.0 Å². The third-order valence-corrected chi connectivity index (χ3v) is 7.59. The number of fused-ring (bicyclic) bond motifs is 2. The first-order valence-electron chi connectivity index (χ1n) is 8.66. The number of allylic oxidation sites excluding steroid dienone is 1. The average molecular weight is 431 g/mol. The van der Waals surface area contributed by atoms with E-state index in [9.17, 15) is 9.59 Å². The van der Waals surface area contributed by atoms with E-state index in [0.29, 0.717) is 33.1 Å². The largest absolute Gasteiger partial charge is 0.309 e. The third-order valence-electron chi connectivity index (χ3n) is 4.58. The van der Waals surface area contributed by atoms with Crippen molar-refractivity contribution >= 4 is 54.9 Å². The molecule has 144 valence electrons. The van der Waals surface area contributed by atoms with Crippen molar-refractivity contribution in [3.05, 3.63) is 61.1 Å². The number of nitrogens with one attached hydrogen (secondary N) is 1. The number of thiophene rings is 2. The molecule has 4 rings (SSSR count). The molecule has 0 aliphatic heterocycles. The molecule has 0 saturated carbocycles. The number of aromatic amines is 1. The molecule has 0 aromatic carbocycles. The summed E-state index contributed by atoms with van der Waals surface area (Å²) < 4.78 is 1.61. The summed E-state index contributed by atoms with van der Waals surface area (Å²) >= 11 is 4.37. The van der Waals surface area contributed by atoms with E-state index in [1.54, 1.807) is 16.7 Å². The fourth-order valence-electron chi connectivity index (χ4n) is 2.99. The van der Waals surface area contributed by atoms with Crippen LogP contribution in [0, 0.1) is 13.8 Å². The highest BCUT2D eigenvalue weighted by molar-refractivity contribution is 7.99. The molecule has 4 aromatic rings. The molecule has 4 aromatic heterocycles. The highest BCUT2D eigenvalue weighted by atomic mass is 32.2. The van der Waals surface area contributed by atoms with Gasteiger partial charge in [-0.05, 0) is 37.8 Å². The summed E-state index contributed by atoms with van der Waals surface area (Å²) in [6.07, 6.45) is 1.68. The smallest absolute Gasteiger partial charge is 0.263 e. The van der Waals surface area contributed by atoms with Gasteiger partial charge in [-0.25, -0.2) is 9.97 Å². The van der Waals surface area contributed by atoms with Crippen molar-refractivity contribution in [3.8, 4) is 0 Å². The van der Waals surface area contributed by atoms with Crippen LogP contribution in [-0.2, 0) is 6.54 Å². The predicted octanol–water partition coefficient (Wildman–Crippen LogP) is 4.41. The Morgan fingerprint density at radius 1 is 1.32 bits per heavy atom. The first-order valence-corrected chi connectivity index (χ1v) is 11.2. The molecule has 0 spiro atoms. The van der Waals surface area contributed by atoms with Crippen LogP contribution in [0.15, 0.2) is 38.8 Å². The van der Waals surface area contributed by atoms with E-state index in [4.69, 9.17) is 0 Å². The lowest BCUT2D eigenvalue weighted by atomic mass is 10.2. The molecule has 0 bridgehead atoms. The van der Waals surface area contributed by atoms with Gasteiger partial charge in [0.1, 0.15) is 15.5 Å². The zero-order chi connectivity index (χ0) is 20.0. The molecule has 28 heavy (non-hydrogen) atoms. The van der Waals surface area contributed by atoms with Crippen molar-refractivity contribution in [2.75, 3.05) is 0 Å². The molecule has 0 aliphatic carbocycles. The first-order chi connectivity index (χ1) is 13.4. The van der Waals surface area contributed by atoms with Crippen molar-refractivity contribution in [2.45, 2.75) is 37.7 Å². The quantitative estimate of drug-likeness (QED) is 0.288. The second-order valence-electron chi connectivity index (χ2n) is 6.41. The molecule has 0 fully saturated rings. The monoisotopic (exact) mass is 430 g/mol. The minimum atomic E-state index is -0.180. The summed E-state index contributed by atoms with van der Waals surface area (Å²) in [6.45, 7) is 10.0. The Labute approximate surface area is 173 Å². The van der Waals surface area contributed by atoms with Gasteiger partial charge in [-0.15, -0.1) is 29.3 Å². The van der Waals surface area contributed by atoms with Gasteiger partial charge in [0.2, 0.25) is 0 Å². The van der Waals surface area contributed by atoms with Crippen LogP contribution in [0.3, 0.4) is 0 Å². The SMILES string of the molecule is C=CCn1c(SC(C)c2nc3sc(C)c(C)c3c(=O)[nH]2)nc2sccc2c1=O. The van der Waals surface area contributed by atoms with E-state index < -0.39 is 0 Å². The fourth-order valence-corrected chi connectivity index (χ4v) is 5.81. The van der Waals surface area contributed by atoms with E-state index in [-0.39, 0.29) is 16.4 Å². The number of hydrogen-bond acceptors (Lipinski definition) is 7. The molecule has 0 saturated heterocycles. The second-order valence-corrected chi connectivity index (χ2v) is 9.82. The van der Waals surface area contributed by atoms with Crippen LogP contribution < -0.4 is 11.1 Å². The average Bonchev–Trinajstić information content (AvgIpc) is 3.23. The van der Waals surface area contributed by atoms with Gasteiger partial charge in [0, 0.05) is 11.4 Å². The van der Waals surface area contributed by atoms with Gasteiger partial charge >= 0.3 is 0 Å². The molecule has 6 nitrogen and oxygen atoms in total. The van der Waals surface area contributed by atoms with Crippen LogP contribution in [0.2, 0.25) is 0 Å². The second kappa shape index (κ2) is 7.31. The maximum atomic E-state index is 12.8. The Balaban J connectivity index is 1.78. The van der Waals surface area contributed by atoms with Gasteiger partial charge in [-0.1, -0.05) is 17.8 Å². The van der Waals surface area contributed by atoms with E-state index in [1.165, 1.54) is 34.4 Å². The lowest BCUT2D eigenvalue weighted by molar-refractivity contribution is 0.670. The van der Waals surface area contributed by atoms with E-state index >= 15 is 0 Å². The Bertz CT molecular complexity index is 1330. The van der Waals surface area contributed by atoms with Crippen LogP contribution in [0.4, 0.5) is 0 Å². The van der Waals surface area contributed by atoms with Crippen LogP contribution in [0.25, 0.3) is 20.4 Å². The van der Waals surface area contributed by atoms with Gasteiger partial charge < -0.3 is 4.98 Å². The van der Waals surface area contributed by atoms with Gasteiger partial charge in [-0.2, -0.15) is 0 Å². The number of nitrogens with zero attached hydrogens (tertiary/aromatic N) is 3. The predicted molar refractivity (Wildman–Crippen MR) is 118 cm³/mol. The summed E-state index contributed by atoms with van der Waals surface area (Å²) in [6, 6.07) is 1.79. The minimum absolute atomic E-state index is 0.0812. The molecular weight excluding hydrogens is 412 g/mol. The zero-order valence-electron chi connectivity index (χ0n) is 15.6. The van der Waals surface area contributed by atoms with Crippen LogP contribution in [0.5, 0.6) is 0 Å². The van der Waals surface area contributed by atoms with E-state index in [2.05, 4.69) is 21.5 Å². The fraction of sp³-hybridized carbons (Fsp3) is 0.263. The molecule has 1 atom stereocenters. The van der Waals surface area contributed by atoms with Crippen LogP contribution in [-0.4, -0.2) is 19.5 Å². The molecule has 1 N–H and O–H groups in total. The Morgan fingerprint density at radius 3 is 2.86 bits per heavy atom. The normalized spacial score (nSPS) is 12.7. The minimum Gasteiger partial charge on any atom is -0.309 e. The van der Waals surface area contributed by atoms with Crippen molar-refractivity contribution in [1.82, 2.24) is 19.5 Å². The Hall–Kier alpha value is -2.23. The van der Waals surface area contributed by atoms with Gasteiger partial charge in [0.25, 0.3) is 11.1 Å². The number of thioether (sulfide) groups is 1. The summed E-state index contributed by atoms with van der Waals surface area (Å²) in [5, 5.41) is 3.55. The molecular formula is C19H18N4O2S3. The number of aromatic nitrogens is 4.